The molecule has 1 N–H and O–H groups in total. The maximum absolute atomic E-state index is 11.5. The molecule has 0 amide bonds. The molecule has 1 atom stereocenters. The highest BCUT2D eigenvalue weighted by Gasteiger charge is 2.19. The number of nitrogens with zero attached hydrogens (tertiary/aromatic N) is 1. The average Bonchev–Trinajstić information content (AvgIpc) is 3.38. The fraction of sp³-hybridized carbons (Fsp3) is 0.296. The smallest absolute Gasteiger partial charge is 0.347 e. The van der Waals surface area contributed by atoms with E-state index in [2.05, 4.69) is 5.16 Å². The summed E-state index contributed by atoms with van der Waals surface area (Å²) >= 11 is 1.59. The molecule has 8 nitrogen and oxygen atoms in total. The van der Waals surface area contributed by atoms with Crippen LogP contribution in [0.4, 0.5) is 0 Å². The number of aryl methyl sites for hydroxylation is 1. The van der Waals surface area contributed by atoms with Crippen LogP contribution in [0.25, 0.3) is 0 Å². The third kappa shape index (κ3) is 8.42. The molecule has 3 rings (SSSR count). The molecule has 3 aromatic rings. The Morgan fingerprint density at radius 1 is 1.17 bits per heavy atom. The zero-order valence-electron chi connectivity index (χ0n) is 20.2. The number of benzene rings is 2. The first-order valence-corrected chi connectivity index (χ1v) is 12.4. The Bertz CT molecular complexity index is 1160. The summed E-state index contributed by atoms with van der Waals surface area (Å²) in [6, 6.07) is 15.0. The Balaban J connectivity index is 1.85. The number of carbonyl (C=O) groups excluding carboxylic acids is 1. The number of hydrogen-bond acceptors (Lipinski definition) is 8. The van der Waals surface area contributed by atoms with E-state index in [0.717, 1.165) is 16.7 Å². The number of rotatable bonds is 14. The van der Waals surface area contributed by atoms with E-state index in [1.165, 1.54) is 6.21 Å². The van der Waals surface area contributed by atoms with Crippen LogP contribution in [0.1, 0.15) is 48.1 Å². The lowest BCUT2D eigenvalue weighted by Gasteiger charge is -2.22. The van der Waals surface area contributed by atoms with Crippen molar-refractivity contribution >= 4 is 29.5 Å². The summed E-state index contributed by atoms with van der Waals surface area (Å²) in [6.07, 6.45) is 1.14. The van der Waals surface area contributed by atoms with Crippen molar-refractivity contribution in [2.45, 2.75) is 39.4 Å². The number of carboxylic acids is 1. The summed E-state index contributed by atoms with van der Waals surface area (Å²) in [4.78, 5) is 27.9. The molecule has 0 spiro atoms. The van der Waals surface area contributed by atoms with E-state index in [-0.39, 0.29) is 26.1 Å². The van der Waals surface area contributed by atoms with Gasteiger partial charge < -0.3 is 24.2 Å². The summed E-state index contributed by atoms with van der Waals surface area (Å²) in [6.45, 7) is 4.01. The number of carboxylic acid groups (broad SMARTS) is 1. The quantitative estimate of drug-likeness (QED) is 0.172. The molecule has 2 aromatic carbocycles. The molecular formula is C27H29NO7S. The van der Waals surface area contributed by atoms with Gasteiger partial charge in [-0.1, -0.05) is 29.4 Å². The number of carbonyl (C=O) groups is 2. The topological polar surface area (TPSA) is 104 Å². The third-order valence-corrected chi connectivity index (χ3v) is 5.88. The van der Waals surface area contributed by atoms with Gasteiger partial charge in [-0.15, -0.1) is 0 Å². The lowest BCUT2D eigenvalue weighted by Crippen LogP contribution is -2.13. The fourth-order valence-electron chi connectivity index (χ4n) is 3.38. The van der Waals surface area contributed by atoms with Crippen molar-refractivity contribution in [3.8, 4) is 11.5 Å². The summed E-state index contributed by atoms with van der Waals surface area (Å²) in [5.74, 6) is -0.390. The largest absolute Gasteiger partial charge is 0.489 e. The van der Waals surface area contributed by atoms with Gasteiger partial charge >= 0.3 is 11.9 Å². The first-order valence-electron chi connectivity index (χ1n) is 11.5. The molecule has 36 heavy (non-hydrogen) atoms. The molecule has 0 saturated carbocycles. The van der Waals surface area contributed by atoms with Gasteiger partial charge in [0.2, 0.25) is 6.61 Å². The normalized spacial score (nSPS) is 11.7. The standard InChI is InChI=1S/C27H29NO7S/c1-3-32-27(31)17-34-28-15-21-8-9-22(33-16-20-12-13-36-18-20)14-25(21)35-24(10-11-26(29)30)23-7-5-4-6-19(23)2/h4-9,12-15,18,24H,3,10-11,16-17H2,1-2H3,(H,29,30)/b28-15+. The minimum atomic E-state index is -0.904. The number of oxime groups is 1. The molecule has 9 heteroatoms. The van der Waals surface area contributed by atoms with Crippen molar-refractivity contribution < 1.29 is 33.7 Å². The molecule has 1 heterocycles. The predicted octanol–water partition coefficient (Wildman–Crippen LogP) is 5.53. The van der Waals surface area contributed by atoms with Gasteiger partial charge in [-0.05, 0) is 65.9 Å². The molecule has 0 aliphatic rings. The monoisotopic (exact) mass is 511 g/mol. The van der Waals surface area contributed by atoms with Crippen molar-refractivity contribution in [3.05, 3.63) is 81.5 Å². The van der Waals surface area contributed by atoms with Crippen LogP contribution in [0, 0.1) is 6.92 Å². The van der Waals surface area contributed by atoms with Gasteiger partial charge in [-0.2, -0.15) is 11.3 Å². The van der Waals surface area contributed by atoms with E-state index < -0.39 is 18.0 Å². The van der Waals surface area contributed by atoms with Crippen molar-refractivity contribution in [3.63, 3.8) is 0 Å². The Labute approximate surface area is 214 Å². The van der Waals surface area contributed by atoms with Crippen molar-refractivity contribution in [2.24, 2.45) is 5.16 Å². The molecule has 0 aliphatic carbocycles. The molecule has 0 fully saturated rings. The second-order valence-electron chi connectivity index (χ2n) is 7.83. The average molecular weight is 512 g/mol. The highest BCUT2D eigenvalue weighted by atomic mass is 32.1. The first-order chi connectivity index (χ1) is 17.5. The van der Waals surface area contributed by atoms with Crippen molar-refractivity contribution in [1.82, 2.24) is 0 Å². The van der Waals surface area contributed by atoms with Crippen LogP contribution in [0.3, 0.4) is 0 Å². The van der Waals surface area contributed by atoms with Gasteiger partial charge in [0.15, 0.2) is 0 Å². The van der Waals surface area contributed by atoms with E-state index in [1.54, 1.807) is 36.5 Å². The first kappa shape index (κ1) is 26.7. The minimum absolute atomic E-state index is 0.0561. The SMILES string of the molecule is CCOC(=O)CO/N=C/c1ccc(OCc2ccsc2)cc1OC(CCC(=O)O)c1ccccc1C. The van der Waals surface area contributed by atoms with Crippen LogP contribution in [-0.2, 0) is 25.8 Å². The Hall–Kier alpha value is -3.85. The maximum Gasteiger partial charge on any atom is 0.347 e. The van der Waals surface area contributed by atoms with Gasteiger partial charge in [0, 0.05) is 18.1 Å². The number of thiophene rings is 1. The Kier molecular flexibility index (Phi) is 10.3. The summed E-state index contributed by atoms with van der Waals surface area (Å²) < 4.78 is 17.1. The van der Waals surface area contributed by atoms with E-state index in [4.69, 9.17) is 19.0 Å². The van der Waals surface area contributed by atoms with Gasteiger partial charge in [-0.25, -0.2) is 4.79 Å². The van der Waals surface area contributed by atoms with Crippen LogP contribution in [-0.4, -0.2) is 36.5 Å². The van der Waals surface area contributed by atoms with E-state index in [0.29, 0.717) is 23.7 Å². The lowest BCUT2D eigenvalue weighted by atomic mass is 9.99. The third-order valence-electron chi connectivity index (χ3n) is 5.15. The molecular weight excluding hydrogens is 482 g/mol. The second kappa shape index (κ2) is 13.9. The van der Waals surface area contributed by atoms with Crippen LogP contribution in [0.15, 0.2) is 64.4 Å². The summed E-state index contributed by atoms with van der Waals surface area (Å²) in [5, 5.41) is 17.2. The fourth-order valence-corrected chi connectivity index (χ4v) is 4.03. The maximum atomic E-state index is 11.5. The van der Waals surface area contributed by atoms with Crippen molar-refractivity contribution in [2.75, 3.05) is 13.2 Å². The number of ether oxygens (including phenoxy) is 3. The van der Waals surface area contributed by atoms with Gasteiger partial charge in [0.05, 0.1) is 12.8 Å². The Morgan fingerprint density at radius 2 is 2.00 bits per heavy atom. The van der Waals surface area contributed by atoms with Crippen molar-refractivity contribution in [1.29, 1.82) is 0 Å². The molecule has 1 unspecified atom stereocenters. The summed E-state index contributed by atoms with van der Waals surface area (Å²) in [7, 11) is 0. The molecule has 0 saturated heterocycles. The number of hydrogen-bond donors (Lipinski definition) is 1. The van der Waals surface area contributed by atoms with Gasteiger partial charge in [0.25, 0.3) is 0 Å². The molecule has 0 bridgehead atoms. The highest BCUT2D eigenvalue weighted by Crippen LogP contribution is 2.32. The number of esters is 1. The highest BCUT2D eigenvalue weighted by molar-refractivity contribution is 7.07. The predicted molar refractivity (Wildman–Crippen MR) is 137 cm³/mol. The van der Waals surface area contributed by atoms with E-state index in [1.807, 2.05) is 48.0 Å². The zero-order chi connectivity index (χ0) is 25.8. The zero-order valence-corrected chi connectivity index (χ0v) is 21.0. The number of aliphatic carboxylic acids is 1. The van der Waals surface area contributed by atoms with E-state index >= 15 is 0 Å². The van der Waals surface area contributed by atoms with Crippen LogP contribution in [0.2, 0.25) is 0 Å². The van der Waals surface area contributed by atoms with Gasteiger partial charge in [0.1, 0.15) is 24.2 Å². The molecule has 190 valence electrons. The Morgan fingerprint density at radius 3 is 2.72 bits per heavy atom. The van der Waals surface area contributed by atoms with Crippen LogP contribution < -0.4 is 9.47 Å². The van der Waals surface area contributed by atoms with Crippen LogP contribution >= 0.6 is 11.3 Å². The lowest BCUT2D eigenvalue weighted by molar-refractivity contribution is -0.148. The molecule has 0 aliphatic heterocycles. The molecule has 0 radical (unpaired) electrons. The van der Waals surface area contributed by atoms with Crippen LogP contribution in [0.5, 0.6) is 11.5 Å². The van der Waals surface area contributed by atoms with Gasteiger partial charge in [-0.3, -0.25) is 4.79 Å². The second-order valence-corrected chi connectivity index (χ2v) is 8.61. The molecule has 1 aromatic heterocycles. The minimum Gasteiger partial charge on any atom is -0.489 e. The summed E-state index contributed by atoms with van der Waals surface area (Å²) in [5.41, 5.74) is 3.52. The van der Waals surface area contributed by atoms with E-state index in [9.17, 15) is 14.7 Å².